The van der Waals surface area contributed by atoms with Crippen LogP contribution in [0.5, 0.6) is 5.75 Å². The van der Waals surface area contributed by atoms with E-state index in [-0.39, 0.29) is 18.3 Å². The highest BCUT2D eigenvalue weighted by Crippen LogP contribution is 2.12. The van der Waals surface area contributed by atoms with E-state index in [0.717, 1.165) is 5.75 Å². The highest BCUT2D eigenvalue weighted by molar-refractivity contribution is 5.83. The summed E-state index contributed by atoms with van der Waals surface area (Å²) >= 11 is 0. The van der Waals surface area contributed by atoms with Gasteiger partial charge in [0.2, 0.25) is 5.95 Å². The van der Waals surface area contributed by atoms with Gasteiger partial charge in [0.1, 0.15) is 5.75 Å². The van der Waals surface area contributed by atoms with Crippen LogP contribution in [0.25, 0.3) is 0 Å². The van der Waals surface area contributed by atoms with Gasteiger partial charge in [0.15, 0.2) is 6.10 Å². The topological polar surface area (TPSA) is 84.9 Å². The number of amides is 1. The van der Waals surface area contributed by atoms with Gasteiger partial charge in [-0.25, -0.2) is 9.97 Å². The van der Waals surface area contributed by atoms with Crippen LogP contribution >= 0.6 is 0 Å². The second-order valence-corrected chi connectivity index (χ2v) is 6.76. The van der Waals surface area contributed by atoms with Gasteiger partial charge >= 0.3 is 5.97 Å². The van der Waals surface area contributed by atoms with Crippen molar-refractivity contribution in [3.05, 3.63) is 48.8 Å². The Morgan fingerprint density at radius 2 is 1.72 bits per heavy atom. The maximum Gasteiger partial charge on any atom is 0.306 e. The van der Waals surface area contributed by atoms with Crippen molar-refractivity contribution in [3.63, 3.8) is 0 Å². The van der Waals surface area contributed by atoms with E-state index in [2.05, 4.69) is 9.97 Å². The number of para-hydroxylation sites is 1. The van der Waals surface area contributed by atoms with Crippen molar-refractivity contribution in [2.45, 2.75) is 25.9 Å². The first-order chi connectivity index (χ1) is 14.1. The van der Waals surface area contributed by atoms with Gasteiger partial charge in [0.05, 0.1) is 6.61 Å². The van der Waals surface area contributed by atoms with Gasteiger partial charge in [-0.3, -0.25) is 9.59 Å². The van der Waals surface area contributed by atoms with Crippen LogP contribution in [-0.2, 0) is 14.3 Å². The molecule has 29 heavy (non-hydrogen) atoms. The standard InChI is InChI=1S/C21H26N4O4/c1-17(29-19(26)9-5-16-28-18-7-3-2-4-8-18)20(27)24-12-14-25(15-13-24)21-22-10-6-11-23-21/h2-4,6-8,10-11,17H,5,9,12-16H2,1H3. The number of esters is 1. The molecule has 0 N–H and O–H groups in total. The Labute approximate surface area is 170 Å². The molecule has 0 bridgehead atoms. The number of nitrogens with zero attached hydrogens (tertiary/aromatic N) is 4. The molecule has 1 amide bonds. The number of benzene rings is 1. The van der Waals surface area contributed by atoms with Gasteiger partial charge in [-0.05, 0) is 31.5 Å². The van der Waals surface area contributed by atoms with Gasteiger partial charge in [-0.15, -0.1) is 0 Å². The Bertz CT molecular complexity index is 780. The lowest BCUT2D eigenvalue weighted by atomic mass is 10.2. The largest absolute Gasteiger partial charge is 0.494 e. The monoisotopic (exact) mass is 398 g/mol. The van der Waals surface area contributed by atoms with E-state index < -0.39 is 6.10 Å². The molecule has 1 aromatic carbocycles. The van der Waals surface area contributed by atoms with Crippen LogP contribution in [0.4, 0.5) is 5.95 Å². The normalized spacial score (nSPS) is 14.9. The molecular weight excluding hydrogens is 372 g/mol. The third-order valence-corrected chi connectivity index (χ3v) is 4.62. The molecule has 1 unspecified atom stereocenters. The molecule has 3 rings (SSSR count). The number of carbonyl (C=O) groups is 2. The summed E-state index contributed by atoms with van der Waals surface area (Å²) in [7, 11) is 0. The number of hydrogen-bond acceptors (Lipinski definition) is 7. The average molecular weight is 398 g/mol. The Morgan fingerprint density at radius 3 is 2.41 bits per heavy atom. The Kier molecular flexibility index (Phi) is 7.38. The highest BCUT2D eigenvalue weighted by Gasteiger charge is 2.27. The number of hydrogen-bond donors (Lipinski definition) is 0. The molecule has 0 aliphatic carbocycles. The van der Waals surface area contributed by atoms with Crippen molar-refractivity contribution in [2.24, 2.45) is 0 Å². The third kappa shape index (κ3) is 6.17. The number of rotatable bonds is 8. The molecule has 1 fully saturated rings. The zero-order valence-electron chi connectivity index (χ0n) is 16.6. The van der Waals surface area contributed by atoms with Crippen molar-refractivity contribution >= 4 is 17.8 Å². The zero-order valence-corrected chi connectivity index (χ0v) is 16.6. The number of anilines is 1. The predicted molar refractivity (Wildman–Crippen MR) is 108 cm³/mol. The minimum atomic E-state index is -0.794. The van der Waals surface area contributed by atoms with E-state index in [1.54, 1.807) is 30.3 Å². The van der Waals surface area contributed by atoms with E-state index in [0.29, 0.717) is 45.2 Å². The summed E-state index contributed by atoms with van der Waals surface area (Å²) in [5.74, 6) is 0.868. The fourth-order valence-corrected chi connectivity index (χ4v) is 3.07. The maximum absolute atomic E-state index is 12.6. The zero-order chi connectivity index (χ0) is 20.5. The number of ether oxygens (including phenoxy) is 2. The Hall–Kier alpha value is -3.16. The number of aromatic nitrogens is 2. The molecule has 8 heteroatoms. The summed E-state index contributed by atoms with van der Waals surface area (Å²) < 4.78 is 10.9. The lowest BCUT2D eigenvalue weighted by Crippen LogP contribution is -2.52. The minimum absolute atomic E-state index is 0.174. The van der Waals surface area contributed by atoms with Crippen LogP contribution in [0.15, 0.2) is 48.8 Å². The molecule has 2 aromatic rings. The van der Waals surface area contributed by atoms with Crippen molar-refractivity contribution in [2.75, 3.05) is 37.7 Å². The minimum Gasteiger partial charge on any atom is -0.494 e. The van der Waals surface area contributed by atoms with Crippen molar-refractivity contribution in [1.82, 2.24) is 14.9 Å². The van der Waals surface area contributed by atoms with E-state index >= 15 is 0 Å². The molecule has 0 saturated carbocycles. The first-order valence-corrected chi connectivity index (χ1v) is 9.81. The van der Waals surface area contributed by atoms with Crippen LogP contribution in [-0.4, -0.2) is 65.6 Å². The van der Waals surface area contributed by atoms with E-state index in [1.807, 2.05) is 35.2 Å². The van der Waals surface area contributed by atoms with Gasteiger partial charge in [-0.1, -0.05) is 18.2 Å². The van der Waals surface area contributed by atoms with Crippen LogP contribution in [0.3, 0.4) is 0 Å². The molecule has 0 spiro atoms. The van der Waals surface area contributed by atoms with Crippen molar-refractivity contribution in [3.8, 4) is 5.75 Å². The summed E-state index contributed by atoms with van der Waals surface area (Å²) in [5.41, 5.74) is 0. The lowest BCUT2D eigenvalue weighted by molar-refractivity contribution is -0.159. The second-order valence-electron chi connectivity index (χ2n) is 6.76. The van der Waals surface area contributed by atoms with Gasteiger partial charge in [0.25, 0.3) is 5.91 Å². The van der Waals surface area contributed by atoms with Crippen LogP contribution in [0.1, 0.15) is 19.8 Å². The van der Waals surface area contributed by atoms with Crippen molar-refractivity contribution in [1.29, 1.82) is 0 Å². The van der Waals surface area contributed by atoms with Crippen molar-refractivity contribution < 1.29 is 19.1 Å². The Balaban J connectivity index is 1.35. The third-order valence-electron chi connectivity index (χ3n) is 4.62. The summed E-state index contributed by atoms with van der Waals surface area (Å²) in [6.45, 7) is 4.42. The first-order valence-electron chi connectivity index (χ1n) is 9.81. The summed E-state index contributed by atoms with van der Waals surface area (Å²) in [4.78, 5) is 36.8. The summed E-state index contributed by atoms with van der Waals surface area (Å²) in [5, 5.41) is 0. The summed E-state index contributed by atoms with van der Waals surface area (Å²) in [6, 6.07) is 11.2. The molecule has 1 aliphatic rings. The van der Waals surface area contributed by atoms with Gasteiger partial charge in [-0.2, -0.15) is 0 Å². The first kappa shape index (κ1) is 20.6. The molecule has 1 atom stereocenters. The molecule has 1 aliphatic heterocycles. The van der Waals surface area contributed by atoms with Crippen LogP contribution < -0.4 is 9.64 Å². The molecule has 2 heterocycles. The Morgan fingerprint density at radius 1 is 1.03 bits per heavy atom. The summed E-state index contributed by atoms with van der Waals surface area (Å²) in [6.07, 6.45) is 3.35. The number of piperazine rings is 1. The molecule has 154 valence electrons. The lowest BCUT2D eigenvalue weighted by Gasteiger charge is -2.35. The smallest absolute Gasteiger partial charge is 0.306 e. The van der Waals surface area contributed by atoms with Gasteiger partial charge < -0.3 is 19.3 Å². The molecule has 1 aromatic heterocycles. The van der Waals surface area contributed by atoms with Crippen LogP contribution in [0, 0.1) is 0 Å². The fraction of sp³-hybridized carbons (Fsp3) is 0.429. The van der Waals surface area contributed by atoms with Gasteiger partial charge in [0, 0.05) is 45.0 Å². The average Bonchev–Trinajstić information content (AvgIpc) is 2.77. The highest BCUT2D eigenvalue weighted by atomic mass is 16.5. The number of carbonyl (C=O) groups excluding carboxylic acids is 2. The predicted octanol–water partition coefficient (Wildman–Crippen LogP) is 1.92. The molecule has 8 nitrogen and oxygen atoms in total. The fourth-order valence-electron chi connectivity index (χ4n) is 3.07. The van der Waals surface area contributed by atoms with E-state index in [9.17, 15) is 9.59 Å². The quantitative estimate of drug-likeness (QED) is 0.496. The molecule has 1 saturated heterocycles. The van der Waals surface area contributed by atoms with Crippen LogP contribution in [0.2, 0.25) is 0 Å². The second kappa shape index (κ2) is 10.4. The van der Waals surface area contributed by atoms with E-state index in [4.69, 9.17) is 9.47 Å². The molecular formula is C21H26N4O4. The van der Waals surface area contributed by atoms with E-state index in [1.165, 1.54) is 0 Å². The SMILES string of the molecule is CC(OC(=O)CCCOc1ccccc1)C(=O)N1CCN(c2ncccn2)CC1. The molecule has 0 radical (unpaired) electrons. The maximum atomic E-state index is 12.6.